The van der Waals surface area contributed by atoms with Crippen molar-refractivity contribution in [3.63, 3.8) is 0 Å². The van der Waals surface area contributed by atoms with Gasteiger partial charge in [-0.25, -0.2) is 0 Å². The molecule has 1 saturated heterocycles. The van der Waals surface area contributed by atoms with Crippen LogP contribution in [-0.4, -0.2) is 32.1 Å². The van der Waals surface area contributed by atoms with Gasteiger partial charge in [-0.15, -0.1) is 0 Å². The highest BCUT2D eigenvalue weighted by Crippen LogP contribution is 2.11. The van der Waals surface area contributed by atoms with Crippen molar-refractivity contribution in [2.45, 2.75) is 19.7 Å². The Bertz CT molecular complexity index is 201. The standard InChI is InChI=1S/C7H12BNO4/c1-5(2)8-12-6(10)3-9-4-7(11)13-8/h5,9H,3-4H2,1-2H3. The van der Waals surface area contributed by atoms with Crippen molar-refractivity contribution < 1.29 is 18.9 Å². The molecule has 6 heteroatoms. The highest BCUT2D eigenvalue weighted by Gasteiger charge is 2.33. The molecule has 1 rings (SSSR count). The lowest BCUT2D eigenvalue weighted by Gasteiger charge is -2.19. The van der Waals surface area contributed by atoms with E-state index in [0.29, 0.717) is 0 Å². The topological polar surface area (TPSA) is 64.6 Å². The van der Waals surface area contributed by atoms with Gasteiger partial charge in [-0.3, -0.25) is 14.9 Å². The third-order valence-corrected chi connectivity index (χ3v) is 1.58. The van der Waals surface area contributed by atoms with Crippen LogP contribution < -0.4 is 5.32 Å². The highest BCUT2D eigenvalue weighted by atomic mass is 16.6. The maximum absolute atomic E-state index is 11.0. The Labute approximate surface area is 76.9 Å². The molecule has 1 aliphatic rings. The molecule has 1 N–H and O–H groups in total. The Morgan fingerprint density at radius 2 is 1.69 bits per heavy atom. The fourth-order valence-electron chi connectivity index (χ4n) is 0.905. The summed E-state index contributed by atoms with van der Waals surface area (Å²) in [5.74, 6) is -0.816. The first-order valence-corrected chi connectivity index (χ1v) is 4.19. The van der Waals surface area contributed by atoms with Crippen LogP contribution in [0.25, 0.3) is 0 Å². The third-order valence-electron chi connectivity index (χ3n) is 1.58. The van der Waals surface area contributed by atoms with Gasteiger partial charge in [-0.05, 0) is 0 Å². The molecule has 0 amide bonds. The van der Waals surface area contributed by atoms with E-state index < -0.39 is 19.1 Å². The van der Waals surface area contributed by atoms with E-state index in [1.54, 1.807) is 0 Å². The monoisotopic (exact) mass is 185 g/mol. The summed E-state index contributed by atoms with van der Waals surface area (Å²) in [6.07, 6.45) is 0. The minimum Gasteiger partial charge on any atom is -0.498 e. The predicted octanol–water partition coefficient (Wildman–Crippen LogP) is -0.426. The van der Waals surface area contributed by atoms with Crippen LogP contribution in [-0.2, 0) is 18.9 Å². The molecule has 0 radical (unpaired) electrons. The molecular weight excluding hydrogens is 173 g/mol. The summed E-state index contributed by atoms with van der Waals surface area (Å²) in [6.45, 7) is 3.75. The van der Waals surface area contributed by atoms with Crippen LogP contribution in [0.3, 0.4) is 0 Å². The normalized spacial score (nSPS) is 19.2. The summed E-state index contributed by atoms with van der Waals surface area (Å²) in [7, 11) is -0.748. The lowest BCUT2D eigenvalue weighted by molar-refractivity contribution is -0.142. The van der Waals surface area contributed by atoms with Crippen LogP contribution in [0.4, 0.5) is 0 Å². The lowest BCUT2D eigenvalue weighted by atomic mass is 9.74. The number of hydrogen-bond donors (Lipinski definition) is 1. The molecule has 0 unspecified atom stereocenters. The zero-order chi connectivity index (χ0) is 9.84. The SMILES string of the molecule is CC(C)B1OC(=O)CNCC(=O)O1. The van der Waals surface area contributed by atoms with Crippen LogP contribution >= 0.6 is 0 Å². The van der Waals surface area contributed by atoms with Crippen LogP contribution in [0.15, 0.2) is 0 Å². The van der Waals surface area contributed by atoms with Gasteiger partial charge >= 0.3 is 19.1 Å². The first-order valence-electron chi connectivity index (χ1n) is 4.19. The first-order chi connectivity index (χ1) is 6.09. The zero-order valence-electron chi connectivity index (χ0n) is 7.70. The Kier molecular flexibility index (Phi) is 3.30. The van der Waals surface area contributed by atoms with Gasteiger partial charge in [-0.1, -0.05) is 13.8 Å². The van der Waals surface area contributed by atoms with E-state index in [4.69, 9.17) is 9.31 Å². The molecule has 13 heavy (non-hydrogen) atoms. The van der Waals surface area contributed by atoms with Gasteiger partial charge in [0.25, 0.3) is 0 Å². The van der Waals surface area contributed by atoms with Gasteiger partial charge < -0.3 is 9.31 Å². The van der Waals surface area contributed by atoms with Gasteiger partial charge in [0, 0.05) is 5.82 Å². The summed E-state index contributed by atoms with van der Waals surface area (Å²) in [5, 5.41) is 2.60. The van der Waals surface area contributed by atoms with Crippen LogP contribution in [0.1, 0.15) is 13.8 Å². The smallest absolute Gasteiger partial charge is 0.498 e. The van der Waals surface area contributed by atoms with Gasteiger partial charge in [0.15, 0.2) is 0 Å². The van der Waals surface area contributed by atoms with E-state index in [0.717, 1.165) is 0 Å². The van der Waals surface area contributed by atoms with Crippen molar-refractivity contribution in [1.82, 2.24) is 5.32 Å². The molecule has 1 aliphatic heterocycles. The highest BCUT2D eigenvalue weighted by molar-refractivity contribution is 6.50. The van der Waals surface area contributed by atoms with Crippen LogP contribution in [0.2, 0.25) is 5.82 Å². The van der Waals surface area contributed by atoms with E-state index >= 15 is 0 Å². The third kappa shape index (κ3) is 3.06. The first kappa shape index (κ1) is 10.0. The average Bonchev–Trinajstić information content (AvgIpc) is 1.99. The van der Waals surface area contributed by atoms with Gasteiger partial charge in [-0.2, -0.15) is 0 Å². The molecule has 0 aromatic heterocycles. The molecule has 1 fully saturated rings. The summed E-state index contributed by atoms with van der Waals surface area (Å²) >= 11 is 0. The molecule has 0 bridgehead atoms. The fraction of sp³-hybridized carbons (Fsp3) is 0.714. The summed E-state index contributed by atoms with van der Waals surface area (Å²) in [5.41, 5.74) is 0. The van der Waals surface area contributed by atoms with E-state index in [1.165, 1.54) is 0 Å². The molecule has 1 heterocycles. The fourth-order valence-corrected chi connectivity index (χ4v) is 0.905. The van der Waals surface area contributed by atoms with E-state index in [2.05, 4.69) is 5.32 Å². The number of nitrogens with one attached hydrogen (secondary N) is 1. The number of carbonyl (C=O) groups is 2. The van der Waals surface area contributed by atoms with Crippen molar-refractivity contribution in [1.29, 1.82) is 0 Å². The maximum Gasteiger partial charge on any atom is 0.601 e. The minimum atomic E-state index is -0.748. The second kappa shape index (κ2) is 4.27. The predicted molar refractivity (Wildman–Crippen MR) is 45.9 cm³/mol. The number of hydrogen-bond acceptors (Lipinski definition) is 5. The second-order valence-electron chi connectivity index (χ2n) is 3.20. The van der Waals surface area contributed by atoms with Gasteiger partial charge in [0.05, 0.1) is 13.1 Å². The summed E-state index contributed by atoms with van der Waals surface area (Å²) < 4.78 is 9.76. The van der Waals surface area contributed by atoms with Crippen molar-refractivity contribution in [2.75, 3.05) is 13.1 Å². The van der Waals surface area contributed by atoms with E-state index in [1.807, 2.05) is 13.8 Å². The van der Waals surface area contributed by atoms with Crippen LogP contribution in [0.5, 0.6) is 0 Å². The Morgan fingerprint density at radius 1 is 1.23 bits per heavy atom. The van der Waals surface area contributed by atoms with Gasteiger partial charge in [0.1, 0.15) is 0 Å². The second-order valence-corrected chi connectivity index (χ2v) is 3.20. The molecule has 72 valence electrons. The maximum atomic E-state index is 11.0. The molecule has 0 spiro atoms. The minimum absolute atomic E-state index is 0.0222. The number of carbonyl (C=O) groups excluding carboxylic acids is 2. The van der Waals surface area contributed by atoms with Crippen molar-refractivity contribution in [3.8, 4) is 0 Å². The molecule has 0 aliphatic carbocycles. The van der Waals surface area contributed by atoms with Crippen molar-refractivity contribution >= 4 is 19.1 Å². The van der Waals surface area contributed by atoms with Crippen molar-refractivity contribution in [2.24, 2.45) is 0 Å². The summed E-state index contributed by atoms with van der Waals surface area (Å²) in [6, 6.07) is 0. The zero-order valence-corrected chi connectivity index (χ0v) is 7.70. The Morgan fingerprint density at radius 3 is 2.08 bits per heavy atom. The van der Waals surface area contributed by atoms with E-state index in [9.17, 15) is 9.59 Å². The summed E-state index contributed by atoms with van der Waals surface area (Å²) in [4.78, 5) is 22.0. The Hall–Kier alpha value is -1.04. The molecule has 5 nitrogen and oxygen atoms in total. The molecule has 0 aromatic carbocycles. The molecule has 0 atom stereocenters. The molecule has 0 saturated carbocycles. The molecule has 0 aromatic rings. The molecular formula is C7H12BNO4. The van der Waals surface area contributed by atoms with E-state index in [-0.39, 0.29) is 18.9 Å². The lowest BCUT2D eigenvalue weighted by Crippen LogP contribution is -2.42. The van der Waals surface area contributed by atoms with Crippen LogP contribution in [0, 0.1) is 0 Å². The quantitative estimate of drug-likeness (QED) is 0.561. The average molecular weight is 185 g/mol. The number of rotatable bonds is 1. The van der Waals surface area contributed by atoms with Crippen molar-refractivity contribution in [3.05, 3.63) is 0 Å². The largest absolute Gasteiger partial charge is 0.601 e. The Balaban J connectivity index is 2.58. The van der Waals surface area contributed by atoms with Gasteiger partial charge in [0.2, 0.25) is 0 Å².